The van der Waals surface area contributed by atoms with Crippen molar-refractivity contribution in [3.05, 3.63) is 24.3 Å². The summed E-state index contributed by atoms with van der Waals surface area (Å²) in [4.78, 5) is 15.2. The molecule has 11 nitrogen and oxygen atoms in total. The molecule has 2 rings (SSSR count). The van der Waals surface area contributed by atoms with Crippen LogP contribution in [0.2, 0.25) is 0 Å². The fraction of sp³-hybridized carbons (Fsp3) is 0.692. The monoisotopic (exact) mass is 589 g/mol. The lowest BCUT2D eigenvalue weighted by Gasteiger charge is -2.32. The SMILES string of the molecule is C=PCC(NC(=O)OC1COCCN(C)CCOC1)C(CN(CC(C)C)S(=O)(=O)c1ccc(OC)cc1)OC. The zero-order valence-electron chi connectivity index (χ0n) is 23.7. The number of hydrogen-bond acceptors (Lipinski definition) is 9. The van der Waals surface area contributed by atoms with Gasteiger partial charge >= 0.3 is 6.09 Å². The molecule has 1 N–H and O–H groups in total. The number of rotatable bonds is 13. The van der Waals surface area contributed by atoms with E-state index < -0.39 is 34.4 Å². The van der Waals surface area contributed by atoms with Gasteiger partial charge in [0.2, 0.25) is 10.0 Å². The number of nitrogens with zero attached hydrogens (tertiary/aromatic N) is 2. The first-order valence-electron chi connectivity index (χ1n) is 13.0. The quantitative estimate of drug-likeness (QED) is 0.346. The van der Waals surface area contributed by atoms with Crippen LogP contribution >= 0.6 is 8.20 Å². The third-order valence-electron chi connectivity index (χ3n) is 6.15. The Morgan fingerprint density at radius 3 is 2.28 bits per heavy atom. The Morgan fingerprint density at radius 1 is 1.15 bits per heavy atom. The van der Waals surface area contributed by atoms with Crippen LogP contribution in [0.4, 0.5) is 4.79 Å². The summed E-state index contributed by atoms with van der Waals surface area (Å²) in [6.07, 6.45) is 2.47. The molecule has 0 saturated carbocycles. The first-order chi connectivity index (χ1) is 18.6. The van der Waals surface area contributed by atoms with Crippen molar-refractivity contribution in [2.75, 3.05) is 80.0 Å². The highest BCUT2D eigenvalue weighted by atomic mass is 32.2. The second kappa shape index (κ2) is 17.1. The molecule has 0 bridgehead atoms. The Balaban J connectivity index is 2.14. The summed E-state index contributed by atoms with van der Waals surface area (Å²) in [5.74, 6) is 0.625. The summed E-state index contributed by atoms with van der Waals surface area (Å²) in [5, 5.41) is 2.86. The molecule has 2 unspecified atom stereocenters. The average Bonchev–Trinajstić information content (AvgIpc) is 2.90. The minimum atomic E-state index is -3.84. The number of alkyl carbamates (subject to hydrolysis) is 1. The van der Waals surface area contributed by atoms with Gasteiger partial charge in [-0.25, -0.2) is 13.2 Å². The van der Waals surface area contributed by atoms with Gasteiger partial charge in [0, 0.05) is 39.5 Å². The van der Waals surface area contributed by atoms with Crippen molar-refractivity contribution in [1.29, 1.82) is 0 Å². The van der Waals surface area contributed by atoms with Crippen molar-refractivity contribution in [2.45, 2.75) is 37.0 Å². The van der Waals surface area contributed by atoms with Gasteiger partial charge in [0.25, 0.3) is 0 Å². The predicted octanol–water partition coefficient (Wildman–Crippen LogP) is 2.18. The largest absolute Gasteiger partial charge is 0.497 e. The van der Waals surface area contributed by atoms with Gasteiger partial charge in [-0.05, 0) is 37.2 Å². The van der Waals surface area contributed by atoms with Gasteiger partial charge in [-0.2, -0.15) is 4.31 Å². The van der Waals surface area contributed by atoms with E-state index in [1.165, 1.54) is 30.7 Å². The maximum Gasteiger partial charge on any atom is 0.407 e. The lowest BCUT2D eigenvalue weighted by molar-refractivity contribution is -0.0445. The van der Waals surface area contributed by atoms with Crippen molar-refractivity contribution in [2.24, 2.45) is 5.92 Å². The molecule has 1 aliphatic heterocycles. The van der Waals surface area contributed by atoms with Crippen molar-refractivity contribution in [3.63, 3.8) is 0 Å². The normalized spacial score (nSPS) is 18.1. The van der Waals surface area contributed by atoms with Gasteiger partial charge in [-0.15, -0.1) is 8.20 Å². The Labute approximate surface area is 234 Å². The maximum atomic E-state index is 13.6. The van der Waals surface area contributed by atoms with Crippen LogP contribution in [-0.2, 0) is 29.0 Å². The average molecular weight is 590 g/mol. The fourth-order valence-electron chi connectivity index (χ4n) is 3.97. The number of benzene rings is 1. The highest BCUT2D eigenvalue weighted by molar-refractivity contribution is 7.89. The van der Waals surface area contributed by atoms with Crippen LogP contribution in [0.25, 0.3) is 0 Å². The second-order valence-corrected chi connectivity index (χ2v) is 12.6. The Kier molecular flexibility index (Phi) is 14.7. The van der Waals surface area contributed by atoms with Gasteiger partial charge in [-0.3, -0.25) is 0 Å². The van der Waals surface area contributed by atoms with E-state index in [1.54, 1.807) is 12.1 Å². The van der Waals surface area contributed by atoms with Gasteiger partial charge in [0.15, 0.2) is 6.10 Å². The summed E-state index contributed by atoms with van der Waals surface area (Å²) < 4.78 is 56.4. The zero-order chi connectivity index (χ0) is 28.8. The van der Waals surface area contributed by atoms with E-state index >= 15 is 0 Å². The second-order valence-electron chi connectivity index (χ2n) is 9.80. The van der Waals surface area contributed by atoms with Crippen molar-refractivity contribution < 1.29 is 36.9 Å². The van der Waals surface area contributed by atoms with Gasteiger partial charge in [0.1, 0.15) is 5.75 Å². The third kappa shape index (κ3) is 11.3. The van der Waals surface area contributed by atoms with Crippen LogP contribution in [0.1, 0.15) is 13.8 Å². The molecule has 1 aliphatic rings. The third-order valence-corrected chi connectivity index (χ3v) is 8.64. The minimum absolute atomic E-state index is 0.0344. The number of methoxy groups -OCH3 is 2. The highest BCUT2D eigenvalue weighted by Gasteiger charge is 2.32. The molecular weight excluding hydrogens is 545 g/mol. The molecule has 0 radical (unpaired) electrons. The molecule has 1 aromatic carbocycles. The number of likely N-dealkylation sites (N-methyl/N-ethyl adjacent to an activating group) is 1. The van der Waals surface area contributed by atoms with E-state index in [2.05, 4.69) is 16.5 Å². The van der Waals surface area contributed by atoms with Crippen LogP contribution < -0.4 is 10.1 Å². The topological polar surface area (TPSA) is 116 Å². The van der Waals surface area contributed by atoms with Crippen molar-refractivity contribution >= 4 is 30.6 Å². The number of ether oxygens (including phenoxy) is 5. The van der Waals surface area contributed by atoms with E-state index in [1.807, 2.05) is 20.9 Å². The molecule has 0 aromatic heterocycles. The number of nitrogens with one attached hydrogen (secondary N) is 1. The van der Waals surface area contributed by atoms with E-state index in [0.717, 1.165) is 21.3 Å². The number of amides is 1. The summed E-state index contributed by atoms with van der Waals surface area (Å²) in [5.41, 5.74) is 0. The molecule has 1 heterocycles. The molecule has 1 amide bonds. The minimum Gasteiger partial charge on any atom is -0.497 e. The molecule has 1 saturated heterocycles. The summed E-state index contributed by atoms with van der Waals surface area (Å²) in [7, 11) is 1.93. The highest BCUT2D eigenvalue weighted by Crippen LogP contribution is 2.22. The molecule has 1 fully saturated rings. The number of carbonyl (C=O) groups is 1. The molecule has 2 atom stereocenters. The van der Waals surface area contributed by atoms with Crippen LogP contribution in [0.3, 0.4) is 0 Å². The lowest BCUT2D eigenvalue weighted by atomic mass is 10.1. The van der Waals surface area contributed by atoms with Gasteiger partial charge in [-0.1, -0.05) is 20.1 Å². The number of sulfonamides is 1. The molecule has 0 spiro atoms. The van der Waals surface area contributed by atoms with Crippen molar-refractivity contribution in [1.82, 2.24) is 14.5 Å². The zero-order valence-corrected chi connectivity index (χ0v) is 25.4. The fourth-order valence-corrected chi connectivity index (χ4v) is 6.19. The molecule has 39 heavy (non-hydrogen) atoms. The Hall–Kier alpha value is -1.79. The molecule has 0 aliphatic carbocycles. The van der Waals surface area contributed by atoms with Crippen LogP contribution in [0, 0.1) is 5.92 Å². The van der Waals surface area contributed by atoms with Gasteiger partial charge in [0.05, 0.1) is 50.6 Å². The molecule has 13 heteroatoms. The lowest BCUT2D eigenvalue weighted by Crippen LogP contribution is -2.52. The Bertz CT molecular complexity index is 968. The maximum absolute atomic E-state index is 13.6. The first kappa shape index (κ1) is 33.4. The Morgan fingerprint density at radius 2 is 1.77 bits per heavy atom. The molecular formula is C26H44N3O8PS. The predicted molar refractivity (Wildman–Crippen MR) is 153 cm³/mol. The smallest absolute Gasteiger partial charge is 0.407 e. The summed E-state index contributed by atoms with van der Waals surface area (Å²) in [6, 6.07) is 5.72. The standard InChI is InChI=1S/C26H44N3O8PS/c1-20(2)15-29(39(31,32)23-9-7-21(33-4)8-10-23)16-25(34-5)24(19-38-6)27-26(30)37-22-17-35-13-11-28(3)12-14-36-18-22/h7-10,20,22,24-25H,6,11-19H2,1-5H3,(H,27,30). The van der Waals surface area contributed by atoms with Crippen molar-refractivity contribution in [3.8, 4) is 5.75 Å². The van der Waals surface area contributed by atoms with Crippen LogP contribution in [0.5, 0.6) is 5.75 Å². The number of carbonyl (C=O) groups excluding carboxylic acids is 1. The molecule has 1 aromatic rings. The van der Waals surface area contributed by atoms with Crippen LogP contribution in [-0.4, -0.2) is 128 Å². The van der Waals surface area contributed by atoms with E-state index in [0.29, 0.717) is 25.1 Å². The van der Waals surface area contributed by atoms with Crippen LogP contribution in [0.15, 0.2) is 29.2 Å². The first-order valence-corrected chi connectivity index (χ1v) is 15.7. The molecule has 222 valence electrons. The summed E-state index contributed by atoms with van der Waals surface area (Å²) >= 11 is 0. The van der Waals surface area contributed by atoms with E-state index in [4.69, 9.17) is 23.7 Å². The van der Waals surface area contributed by atoms with E-state index in [-0.39, 0.29) is 37.1 Å². The van der Waals surface area contributed by atoms with E-state index in [9.17, 15) is 13.2 Å². The number of hydrogen-bond donors (Lipinski definition) is 1. The summed E-state index contributed by atoms with van der Waals surface area (Å²) in [6.45, 7) is 7.21. The van der Waals surface area contributed by atoms with Gasteiger partial charge < -0.3 is 33.9 Å².